The van der Waals surface area contributed by atoms with Crippen LogP contribution < -0.4 is 10.0 Å². The molecule has 0 saturated heterocycles. The lowest BCUT2D eigenvalue weighted by Gasteiger charge is -2.13. The van der Waals surface area contributed by atoms with Crippen molar-refractivity contribution in [1.82, 2.24) is 9.71 Å². The second-order valence-electron chi connectivity index (χ2n) is 7.44. The number of sulfonamides is 1. The largest absolute Gasteiger partial charge is 0.321 e. The molecule has 2 N–H and O–H groups in total. The summed E-state index contributed by atoms with van der Waals surface area (Å²) in [6.45, 7) is 3.72. The van der Waals surface area contributed by atoms with E-state index in [9.17, 15) is 13.2 Å². The third-order valence-electron chi connectivity index (χ3n) is 5.10. The third-order valence-corrected chi connectivity index (χ3v) is 7.77. The Morgan fingerprint density at radius 3 is 2.41 bits per heavy atom. The second kappa shape index (κ2) is 9.20. The van der Waals surface area contributed by atoms with Crippen molar-refractivity contribution in [3.8, 4) is 10.6 Å². The molecule has 4 rings (SSSR count). The van der Waals surface area contributed by atoms with E-state index >= 15 is 0 Å². The van der Waals surface area contributed by atoms with Crippen molar-refractivity contribution in [3.63, 3.8) is 0 Å². The molecule has 0 spiro atoms. The first kappa shape index (κ1) is 22.1. The Morgan fingerprint density at radius 2 is 1.69 bits per heavy atom. The molecule has 1 aromatic heterocycles. The SMILES string of the molecule is CCC(C)NS(=O)(=O)c1ccc(C(=O)Nc2ccccc2-c2nc3ccccc3s2)cc1. The number of hydrogen-bond acceptors (Lipinski definition) is 5. The summed E-state index contributed by atoms with van der Waals surface area (Å²) in [6.07, 6.45) is 0.688. The van der Waals surface area contributed by atoms with Crippen molar-refractivity contribution >= 4 is 43.2 Å². The molecule has 6 nitrogen and oxygen atoms in total. The van der Waals surface area contributed by atoms with Crippen LogP contribution in [0.5, 0.6) is 0 Å². The van der Waals surface area contributed by atoms with Crippen LogP contribution in [-0.2, 0) is 10.0 Å². The van der Waals surface area contributed by atoms with Crippen LogP contribution in [0.1, 0.15) is 30.6 Å². The number of hydrogen-bond donors (Lipinski definition) is 2. The van der Waals surface area contributed by atoms with Gasteiger partial charge in [0, 0.05) is 17.2 Å². The molecule has 1 unspecified atom stereocenters. The van der Waals surface area contributed by atoms with Crippen LogP contribution in [0.2, 0.25) is 0 Å². The molecule has 0 saturated carbocycles. The molecule has 0 aliphatic heterocycles. The minimum atomic E-state index is -3.62. The van der Waals surface area contributed by atoms with Crippen LogP contribution in [0, 0.1) is 0 Å². The van der Waals surface area contributed by atoms with Gasteiger partial charge >= 0.3 is 0 Å². The van der Waals surface area contributed by atoms with E-state index in [2.05, 4.69) is 15.0 Å². The number of benzene rings is 3. The number of thiazole rings is 1. The highest BCUT2D eigenvalue weighted by Gasteiger charge is 2.18. The van der Waals surface area contributed by atoms with Gasteiger partial charge in [0.05, 0.1) is 20.8 Å². The van der Waals surface area contributed by atoms with Crippen molar-refractivity contribution in [1.29, 1.82) is 0 Å². The summed E-state index contributed by atoms with van der Waals surface area (Å²) < 4.78 is 28.6. The molecule has 8 heteroatoms. The fourth-order valence-electron chi connectivity index (χ4n) is 3.16. The van der Waals surface area contributed by atoms with Gasteiger partial charge in [0.25, 0.3) is 5.91 Å². The Bertz CT molecular complexity index is 1330. The highest BCUT2D eigenvalue weighted by Crippen LogP contribution is 2.34. The molecule has 0 aliphatic rings. The van der Waals surface area contributed by atoms with Crippen molar-refractivity contribution in [2.75, 3.05) is 5.32 Å². The number of para-hydroxylation sites is 2. The third kappa shape index (κ3) is 4.72. The molecule has 0 aliphatic carbocycles. The molecule has 0 radical (unpaired) electrons. The predicted molar refractivity (Wildman–Crippen MR) is 130 cm³/mol. The highest BCUT2D eigenvalue weighted by molar-refractivity contribution is 7.89. The van der Waals surface area contributed by atoms with Gasteiger partial charge in [0.2, 0.25) is 10.0 Å². The molecule has 1 heterocycles. The van der Waals surface area contributed by atoms with Gasteiger partial charge in [0.1, 0.15) is 5.01 Å². The van der Waals surface area contributed by atoms with Gasteiger partial charge in [-0.25, -0.2) is 18.1 Å². The minimum absolute atomic E-state index is 0.129. The van der Waals surface area contributed by atoms with Gasteiger partial charge < -0.3 is 5.32 Å². The van der Waals surface area contributed by atoms with E-state index < -0.39 is 10.0 Å². The number of carbonyl (C=O) groups excluding carboxylic acids is 1. The molecule has 0 bridgehead atoms. The zero-order valence-corrected chi connectivity index (χ0v) is 19.3. The van der Waals surface area contributed by atoms with Gasteiger partial charge in [0.15, 0.2) is 0 Å². The van der Waals surface area contributed by atoms with E-state index in [-0.39, 0.29) is 16.8 Å². The summed E-state index contributed by atoms with van der Waals surface area (Å²) >= 11 is 1.56. The van der Waals surface area contributed by atoms with Crippen LogP contribution in [0.4, 0.5) is 5.69 Å². The molecular weight excluding hydrogens is 442 g/mol. The molecule has 4 aromatic rings. The Kier molecular flexibility index (Phi) is 6.36. The van der Waals surface area contributed by atoms with Gasteiger partial charge in [-0.05, 0) is 61.9 Å². The quantitative estimate of drug-likeness (QED) is 0.388. The van der Waals surface area contributed by atoms with Crippen molar-refractivity contribution < 1.29 is 13.2 Å². The maximum atomic E-state index is 12.9. The molecule has 1 atom stereocenters. The van der Waals surface area contributed by atoms with Crippen LogP contribution in [0.25, 0.3) is 20.8 Å². The fraction of sp³-hybridized carbons (Fsp3) is 0.167. The van der Waals surface area contributed by atoms with Crippen LogP contribution in [0.15, 0.2) is 77.7 Å². The summed E-state index contributed by atoms with van der Waals surface area (Å²) in [5.41, 5.74) is 2.76. The maximum absolute atomic E-state index is 12.9. The zero-order valence-electron chi connectivity index (χ0n) is 17.7. The molecule has 1 amide bonds. The van der Waals surface area contributed by atoms with Crippen molar-refractivity contribution in [2.24, 2.45) is 0 Å². The lowest BCUT2D eigenvalue weighted by Crippen LogP contribution is -2.32. The van der Waals surface area contributed by atoms with E-state index in [0.29, 0.717) is 17.7 Å². The standard InChI is InChI=1S/C24H23N3O3S2/c1-3-16(2)27-32(29,30)18-14-12-17(13-15-18)23(28)25-20-9-5-4-8-19(20)24-26-21-10-6-7-11-22(21)31-24/h4-16,27H,3H2,1-2H3,(H,25,28). The first-order valence-corrected chi connectivity index (χ1v) is 12.6. The van der Waals surface area contributed by atoms with Crippen LogP contribution in [-0.4, -0.2) is 25.4 Å². The fourth-order valence-corrected chi connectivity index (χ4v) is 5.49. The summed E-state index contributed by atoms with van der Waals surface area (Å²) in [6, 6.07) is 21.1. The van der Waals surface area contributed by atoms with E-state index in [4.69, 9.17) is 0 Å². The number of aromatic nitrogens is 1. The topological polar surface area (TPSA) is 88.2 Å². The van der Waals surface area contributed by atoms with Crippen LogP contribution in [0.3, 0.4) is 0 Å². The average Bonchev–Trinajstić information content (AvgIpc) is 3.23. The number of anilines is 1. The first-order chi connectivity index (χ1) is 15.4. The number of nitrogens with one attached hydrogen (secondary N) is 2. The Hall–Kier alpha value is -3.07. The Labute approximate surface area is 191 Å². The summed E-state index contributed by atoms with van der Waals surface area (Å²) in [5, 5.41) is 3.75. The second-order valence-corrected chi connectivity index (χ2v) is 10.2. The average molecular weight is 466 g/mol. The molecule has 164 valence electrons. The summed E-state index contributed by atoms with van der Waals surface area (Å²) in [4.78, 5) is 17.7. The molecule has 3 aromatic carbocycles. The zero-order chi connectivity index (χ0) is 22.7. The van der Waals surface area contributed by atoms with E-state index in [0.717, 1.165) is 20.8 Å². The minimum Gasteiger partial charge on any atom is -0.321 e. The van der Waals surface area contributed by atoms with E-state index in [1.807, 2.05) is 62.4 Å². The predicted octanol–water partition coefficient (Wildman–Crippen LogP) is 5.29. The van der Waals surface area contributed by atoms with Gasteiger partial charge in [-0.3, -0.25) is 4.79 Å². The molecule has 0 fully saturated rings. The Morgan fingerprint density at radius 1 is 1.00 bits per heavy atom. The Balaban J connectivity index is 1.56. The monoisotopic (exact) mass is 465 g/mol. The van der Waals surface area contributed by atoms with E-state index in [1.54, 1.807) is 11.3 Å². The van der Waals surface area contributed by atoms with Gasteiger partial charge in [-0.2, -0.15) is 0 Å². The van der Waals surface area contributed by atoms with Crippen molar-refractivity contribution in [2.45, 2.75) is 31.2 Å². The lowest BCUT2D eigenvalue weighted by atomic mass is 10.1. The van der Waals surface area contributed by atoms with Gasteiger partial charge in [-0.15, -0.1) is 11.3 Å². The number of fused-ring (bicyclic) bond motifs is 1. The first-order valence-electron chi connectivity index (χ1n) is 10.3. The number of nitrogens with zero attached hydrogens (tertiary/aromatic N) is 1. The van der Waals surface area contributed by atoms with E-state index in [1.165, 1.54) is 24.3 Å². The lowest BCUT2D eigenvalue weighted by molar-refractivity contribution is 0.102. The summed E-state index contributed by atoms with van der Waals surface area (Å²) in [7, 11) is -3.62. The number of carbonyl (C=O) groups is 1. The highest BCUT2D eigenvalue weighted by atomic mass is 32.2. The summed E-state index contributed by atoms with van der Waals surface area (Å²) in [5.74, 6) is -0.322. The smallest absolute Gasteiger partial charge is 0.255 e. The molecular formula is C24H23N3O3S2. The normalized spacial score (nSPS) is 12.6. The maximum Gasteiger partial charge on any atom is 0.255 e. The van der Waals surface area contributed by atoms with Crippen LogP contribution >= 0.6 is 11.3 Å². The van der Waals surface area contributed by atoms with Crippen molar-refractivity contribution in [3.05, 3.63) is 78.4 Å². The van der Waals surface area contributed by atoms with Gasteiger partial charge in [-0.1, -0.05) is 31.2 Å². The number of rotatable bonds is 7. The molecule has 32 heavy (non-hydrogen) atoms. The number of amides is 1.